The van der Waals surface area contributed by atoms with Crippen LogP contribution in [0.25, 0.3) is 11.0 Å². The van der Waals surface area contributed by atoms with E-state index in [0.29, 0.717) is 0 Å². The van der Waals surface area contributed by atoms with E-state index in [2.05, 4.69) is 4.98 Å². The zero-order valence-corrected chi connectivity index (χ0v) is 18.1. The van der Waals surface area contributed by atoms with Gasteiger partial charge >= 0.3 is 23.9 Å². The first kappa shape index (κ1) is 23.1. The van der Waals surface area contributed by atoms with Crippen molar-refractivity contribution in [3.8, 4) is 11.8 Å². The summed E-state index contributed by atoms with van der Waals surface area (Å²) in [6.07, 6.45) is -3.62. The van der Waals surface area contributed by atoms with E-state index in [0.717, 1.165) is 18.4 Å². The molecule has 4 atom stereocenters. The summed E-state index contributed by atoms with van der Waals surface area (Å²) in [4.78, 5) is 52.0. The van der Waals surface area contributed by atoms with Gasteiger partial charge in [0.25, 0.3) is 5.56 Å². The number of hydrogen-bond donors (Lipinski definition) is 1. The molecule has 0 unspecified atom stereocenters. The van der Waals surface area contributed by atoms with E-state index in [1.54, 1.807) is 0 Å². The van der Waals surface area contributed by atoms with Crippen LogP contribution in [-0.2, 0) is 40.4 Å². The number of hydrogen-bond acceptors (Lipinski definition) is 11. The summed E-state index contributed by atoms with van der Waals surface area (Å²) in [5.74, 6) is -2.49. The molecular weight excluding hydrogens is 430 g/mol. The van der Waals surface area contributed by atoms with Gasteiger partial charge in [0.15, 0.2) is 30.2 Å². The summed E-state index contributed by atoms with van der Waals surface area (Å²) in [7, 11) is 2.74. The first-order chi connectivity index (χ1) is 15.0. The lowest BCUT2D eigenvalue weighted by Gasteiger charge is -2.40. The van der Waals surface area contributed by atoms with Crippen LogP contribution in [0.5, 0.6) is 11.8 Å². The molecule has 2 aromatic heterocycles. The Labute approximate surface area is 181 Å². The molecule has 174 valence electrons. The predicted molar refractivity (Wildman–Crippen MR) is 105 cm³/mol. The summed E-state index contributed by atoms with van der Waals surface area (Å²) < 4.78 is 29.1. The van der Waals surface area contributed by atoms with Crippen LogP contribution in [0.4, 0.5) is 0 Å². The van der Waals surface area contributed by atoms with Crippen molar-refractivity contribution in [1.82, 2.24) is 14.1 Å². The van der Waals surface area contributed by atoms with Crippen molar-refractivity contribution in [1.29, 1.82) is 0 Å². The minimum atomic E-state index is -1.30. The van der Waals surface area contributed by atoms with Crippen molar-refractivity contribution >= 4 is 28.9 Å². The van der Waals surface area contributed by atoms with Gasteiger partial charge < -0.3 is 28.8 Å². The molecule has 0 bridgehead atoms. The Hall–Kier alpha value is -3.61. The molecule has 1 fully saturated rings. The Bertz CT molecular complexity index is 1120. The molecule has 2 aromatic rings. The van der Waals surface area contributed by atoms with Crippen LogP contribution in [0, 0.1) is 0 Å². The second-order valence-electron chi connectivity index (χ2n) is 7.10. The van der Waals surface area contributed by atoms with Gasteiger partial charge in [0.05, 0.1) is 19.9 Å². The fourth-order valence-corrected chi connectivity index (χ4v) is 3.58. The highest BCUT2D eigenvalue weighted by molar-refractivity contribution is 5.83. The van der Waals surface area contributed by atoms with Gasteiger partial charge in [-0.15, -0.1) is 0 Å². The lowest BCUT2D eigenvalue weighted by molar-refractivity contribution is -0.239. The SMILES string of the molecule is COc1nc2c(c(O)cn2[C@H]2OC[C@@H](OC(C)=O)[C@@H](OC(C)=O)[C@H]2OC(C)=O)c(=O)n1C. The van der Waals surface area contributed by atoms with Gasteiger partial charge in [-0.05, 0) is 0 Å². The molecule has 0 aromatic carbocycles. The molecular formula is C19H23N3O10. The van der Waals surface area contributed by atoms with Crippen molar-refractivity contribution in [2.75, 3.05) is 13.7 Å². The number of aromatic hydroxyl groups is 1. The van der Waals surface area contributed by atoms with Crippen LogP contribution in [0.3, 0.4) is 0 Å². The van der Waals surface area contributed by atoms with Crippen LogP contribution in [0.2, 0.25) is 0 Å². The van der Waals surface area contributed by atoms with E-state index in [1.807, 2.05) is 0 Å². The maximum Gasteiger partial charge on any atom is 0.303 e. The number of esters is 3. The monoisotopic (exact) mass is 453 g/mol. The number of carbonyl (C=O) groups excluding carboxylic acids is 3. The summed E-state index contributed by atoms with van der Waals surface area (Å²) in [6.45, 7) is 3.22. The third kappa shape index (κ3) is 4.23. The van der Waals surface area contributed by atoms with Crippen LogP contribution >= 0.6 is 0 Å². The summed E-state index contributed by atoms with van der Waals surface area (Å²) in [5, 5.41) is 10.3. The molecule has 3 rings (SSSR count). The number of carbonyl (C=O) groups is 3. The highest BCUT2D eigenvalue weighted by atomic mass is 16.6. The number of ether oxygens (including phenoxy) is 5. The maximum atomic E-state index is 12.7. The molecule has 0 amide bonds. The molecule has 1 aliphatic rings. The zero-order chi connectivity index (χ0) is 23.7. The molecule has 32 heavy (non-hydrogen) atoms. The van der Waals surface area contributed by atoms with Crippen molar-refractivity contribution in [3.63, 3.8) is 0 Å². The van der Waals surface area contributed by atoms with Gasteiger partial charge in [0.1, 0.15) is 11.1 Å². The molecule has 0 aliphatic carbocycles. The normalized spacial score (nSPS) is 22.9. The zero-order valence-electron chi connectivity index (χ0n) is 18.1. The fraction of sp³-hybridized carbons (Fsp3) is 0.526. The summed E-state index contributed by atoms with van der Waals surface area (Å²) in [5.41, 5.74) is -0.602. The second-order valence-corrected chi connectivity index (χ2v) is 7.10. The van der Waals surface area contributed by atoms with Gasteiger partial charge in [0.2, 0.25) is 0 Å². The summed E-state index contributed by atoms with van der Waals surface area (Å²) in [6, 6.07) is -0.0454. The van der Waals surface area contributed by atoms with E-state index in [4.69, 9.17) is 23.7 Å². The third-order valence-corrected chi connectivity index (χ3v) is 4.77. The number of rotatable bonds is 5. The van der Waals surface area contributed by atoms with Crippen LogP contribution in [-0.4, -0.2) is 69.2 Å². The van der Waals surface area contributed by atoms with Crippen molar-refractivity contribution in [2.24, 2.45) is 7.05 Å². The van der Waals surface area contributed by atoms with Gasteiger partial charge in [-0.1, -0.05) is 0 Å². The van der Waals surface area contributed by atoms with E-state index in [9.17, 15) is 24.3 Å². The topological polar surface area (TPSA) is 157 Å². The van der Waals surface area contributed by atoms with Crippen LogP contribution < -0.4 is 10.3 Å². The minimum absolute atomic E-state index is 0.0166. The third-order valence-electron chi connectivity index (χ3n) is 4.77. The molecule has 0 radical (unpaired) electrons. The first-order valence-electron chi connectivity index (χ1n) is 9.52. The largest absolute Gasteiger partial charge is 0.505 e. The average molecular weight is 453 g/mol. The predicted octanol–water partition coefficient (Wildman–Crippen LogP) is -0.227. The van der Waals surface area contributed by atoms with Crippen LogP contribution in [0.1, 0.15) is 27.0 Å². The van der Waals surface area contributed by atoms with Crippen molar-refractivity contribution in [3.05, 3.63) is 16.6 Å². The number of aromatic nitrogens is 3. The standard InChI is InChI=1S/C19H23N3O10/c1-8(23)30-12-7-29-18(15(32-10(3)25)14(12)31-9(2)24)22-6-11(26)13-16(22)20-19(28-5)21(4)17(13)27/h6,12,14-15,18,26H,7H2,1-5H3/t12-,14-,15-,18+/m1/s1. The first-order valence-corrected chi connectivity index (χ1v) is 9.52. The Balaban J connectivity index is 2.17. The number of fused-ring (bicyclic) bond motifs is 1. The van der Waals surface area contributed by atoms with Gasteiger partial charge in [-0.3, -0.25) is 28.3 Å². The van der Waals surface area contributed by atoms with Crippen molar-refractivity contribution in [2.45, 2.75) is 45.3 Å². The van der Waals surface area contributed by atoms with Gasteiger partial charge in [-0.25, -0.2) is 0 Å². The molecule has 13 nitrogen and oxygen atoms in total. The molecule has 3 heterocycles. The Morgan fingerprint density at radius 3 is 2.25 bits per heavy atom. The Morgan fingerprint density at radius 1 is 1.09 bits per heavy atom. The average Bonchev–Trinajstić information content (AvgIpc) is 3.02. The molecule has 1 N–H and O–H groups in total. The number of methoxy groups -OCH3 is 1. The fourth-order valence-electron chi connectivity index (χ4n) is 3.58. The molecule has 1 aliphatic heterocycles. The Kier molecular flexibility index (Phi) is 6.39. The molecule has 13 heteroatoms. The smallest absolute Gasteiger partial charge is 0.303 e. The van der Waals surface area contributed by atoms with E-state index in [1.165, 1.54) is 31.8 Å². The van der Waals surface area contributed by atoms with Gasteiger partial charge in [-0.2, -0.15) is 4.98 Å². The quantitative estimate of drug-likeness (QED) is 0.471. The van der Waals surface area contributed by atoms with E-state index < -0.39 is 53.8 Å². The lowest BCUT2D eigenvalue weighted by atomic mass is 10.0. The van der Waals surface area contributed by atoms with Crippen LogP contribution in [0.15, 0.2) is 11.0 Å². The van der Waals surface area contributed by atoms with Gasteiger partial charge in [0, 0.05) is 27.8 Å². The molecule has 1 saturated heterocycles. The minimum Gasteiger partial charge on any atom is -0.505 e. The maximum absolute atomic E-state index is 12.7. The highest BCUT2D eigenvalue weighted by Crippen LogP contribution is 2.35. The second kappa shape index (κ2) is 8.86. The van der Waals surface area contributed by atoms with E-state index in [-0.39, 0.29) is 23.7 Å². The van der Waals surface area contributed by atoms with Crippen molar-refractivity contribution < 1.29 is 43.2 Å². The highest BCUT2D eigenvalue weighted by Gasteiger charge is 2.48. The van der Waals surface area contributed by atoms with E-state index >= 15 is 0 Å². The lowest BCUT2D eigenvalue weighted by Crippen LogP contribution is -2.55. The Morgan fingerprint density at radius 2 is 1.69 bits per heavy atom. The molecule has 0 saturated carbocycles. The summed E-state index contributed by atoms with van der Waals surface area (Å²) >= 11 is 0. The molecule has 0 spiro atoms. The number of nitrogens with zero attached hydrogens (tertiary/aromatic N) is 3.